The molecule has 8 heteroatoms. The van der Waals surface area contributed by atoms with Crippen molar-refractivity contribution >= 4 is 17.3 Å². The molecule has 0 spiro atoms. The first-order valence-electron chi connectivity index (χ1n) is 8.05. The number of anilines is 1. The van der Waals surface area contributed by atoms with Gasteiger partial charge in [-0.15, -0.1) is 0 Å². The number of hydrogen-bond acceptors (Lipinski definition) is 5. The molecule has 2 aromatic rings. The fourth-order valence-electron chi connectivity index (χ4n) is 3.00. The van der Waals surface area contributed by atoms with E-state index in [2.05, 4.69) is 10.4 Å². The topological polar surface area (TPSA) is 107 Å². The first kappa shape index (κ1) is 16.8. The first-order chi connectivity index (χ1) is 11.9. The number of aryl methyl sites for hydroxylation is 3. The standard InChI is InChI=1S/C17H18N4O4/c1-10-5-3-8-14(21(24)25)16(10)18-17(23)11(2)20-15(22)9-12-6-4-7-13(12)19-20/h3,5,8-9,11H,4,6-7H2,1-2H3,(H,18,23). The number of nitrogens with zero attached hydrogens (tertiary/aromatic N) is 3. The third-order valence-electron chi connectivity index (χ3n) is 4.42. The van der Waals surface area contributed by atoms with Crippen molar-refractivity contribution in [3.05, 3.63) is 61.6 Å². The Bertz CT molecular complexity index is 919. The molecule has 1 aliphatic carbocycles. The molecule has 1 unspecified atom stereocenters. The Morgan fingerprint density at radius 3 is 2.88 bits per heavy atom. The van der Waals surface area contributed by atoms with E-state index in [1.165, 1.54) is 12.1 Å². The summed E-state index contributed by atoms with van der Waals surface area (Å²) >= 11 is 0. The summed E-state index contributed by atoms with van der Waals surface area (Å²) in [5.74, 6) is -0.523. The molecule has 3 rings (SSSR count). The van der Waals surface area contributed by atoms with Gasteiger partial charge in [-0.2, -0.15) is 5.10 Å². The highest BCUT2D eigenvalue weighted by molar-refractivity contribution is 5.96. The van der Waals surface area contributed by atoms with Gasteiger partial charge in [-0.1, -0.05) is 12.1 Å². The smallest absolute Gasteiger partial charge is 0.293 e. The van der Waals surface area contributed by atoms with Crippen molar-refractivity contribution in [3.8, 4) is 0 Å². The summed E-state index contributed by atoms with van der Waals surface area (Å²) in [4.78, 5) is 35.4. The van der Waals surface area contributed by atoms with Crippen molar-refractivity contribution in [2.24, 2.45) is 0 Å². The third-order valence-corrected chi connectivity index (χ3v) is 4.42. The van der Waals surface area contributed by atoms with Crippen LogP contribution in [0.25, 0.3) is 0 Å². The molecule has 25 heavy (non-hydrogen) atoms. The molecule has 8 nitrogen and oxygen atoms in total. The molecule has 0 radical (unpaired) electrons. The Labute approximate surface area is 143 Å². The van der Waals surface area contributed by atoms with Crippen LogP contribution in [0.15, 0.2) is 29.1 Å². The van der Waals surface area contributed by atoms with Crippen molar-refractivity contribution < 1.29 is 9.72 Å². The summed E-state index contributed by atoms with van der Waals surface area (Å²) < 4.78 is 1.14. The lowest BCUT2D eigenvalue weighted by molar-refractivity contribution is -0.384. The van der Waals surface area contributed by atoms with Gasteiger partial charge in [0.15, 0.2) is 0 Å². The molecule has 1 N–H and O–H groups in total. The lowest BCUT2D eigenvalue weighted by Crippen LogP contribution is -2.34. The molecule has 1 aliphatic rings. The van der Waals surface area contributed by atoms with Crippen LogP contribution < -0.4 is 10.9 Å². The highest BCUT2D eigenvalue weighted by atomic mass is 16.6. The maximum Gasteiger partial charge on any atom is 0.293 e. The summed E-state index contributed by atoms with van der Waals surface area (Å²) in [5, 5.41) is 18.0. The van der Waals surface area contributed by atoms with E-state index in [9.17, 15) is 19.7 Å². The fourth-order valence-corrected chi connectivity index (χ4v) is 3.00. The molecule has 0 saturated heterocycles. The molecule has 0 saturated carbocycles. The molecule has 130 valence electrons. The molecule has 1 aromatic heterocycles. The molecule has 1 heterocycles. The van der Waals surface area contributed by atoms with Gasteiger partial charge in [0, 0.05) is 12.1 Å². The zero-order valence-corrected chi connectivity index (χ0v) is 14.0. The van der Waals surface area contributed by atoms with Gasteiger partial charge in [-0.3, -0.25) is 19.7 Å². The van der Waals surface area contributed by atoms with E-state index in [1.54, 1.807) is 26.0 Å². The number of para-hydroxylation sites is 1. The average Bonchev–Trinajstić information content (AvgIpc) is 3.02. The van der Waals surface area contributed by atoms with Gasteiger partial charge in [0.25, 0.3) is 11.2 Å². The third kappa shape index (κ3) is 3.15. The van der Waals surface area contributed by atoms with Gasteiger partial charge in [0.2, 0.25) is 5.91 Å². The maximum atomic E-state index is 12.6. The summed E-state index contributed by atoms with van der Waals surface area (Å²) in [7, 11) is 0. The largest absolute Gasteiger partial charge is 0.318 e. The Kier molecular flexibility index (Phi) is 4.35. The van der Waals surface area contributed by atoms with Gasteiger partial charge >= 0.3 is 0 Å². The predicted octanol–water partition coefficient (Wildman–Crippen LogP) is 2.15. The number of carbonyl (C=O) groups is 1. The predicted molar refractivity (Wildman–Crippen MR) is 91.7 cm³/mol. The van der Waals surface area contributed by atoms with Crippen LogP contribution >= 0.6 is 0 Å². The number of fused-ring (bicyclic) bond motifs is 1. The number of aromatic nitrogens is 2. The first-order valence-corrected chi connectivity index (χ1v) is 8.05. The van der Waals surface area contributed by atoms with E-state index in [4.69, 9.17) is 0 Å². The van der Waals surface area contributed by atoms with Crippen LogP contribution in [0.4, 0.5) is 11.4 Å². The minimum Gasteiger partial charge on any atom is -0.318 e. The molecular formula is C17H18N4O4. The van der Waals surface area contributed by atoms with Crippen LogP contribution in [-0.2, 0) is 17.6 Å². The number of nitrogens with one attached hydrogen (secondary N) is 1. The average molecular weight is 342 g/mol. The van der Waals surface area contributed by atoms with Crippen LogP contribution in [0.2, 0.25) is 0 Å². The second-order valence-corrected chi connectivity index (χ2v) is 6.14. The number of nitro benzene ring substituents is 1. The molecular weight excluding hydrogens is 324 g/mol. The van der Waals surface area contributed by atoms with Crippen LogP contribution in [0.1, 0.15) is 36.2 Å². The Balaban J connectivity index is 1.90. The highest BCUT2D eigenvalue weighted by Gasteiger charge is 2.24. The van der Waals surface area contributed by atoms with E-state index in [0.717, 1.165) is 35.2 Å². The van der Waals surface area contributed by atoms with Gasteiger partial charge in [0.1, 0.15) is 11.7 Å². The molecule has 1 amide bonds. The lowest BCUT2D eigenvalue weighted by atomic mass is 10.1. The minimum atomic E-state index is -0.877. The van der Waals surface area contributed by atoms with Crippen LogP contribution in [0, 0.1) is 17.0 Å². The zero-order valence-electron chi connectivity index (χ0n) is 14.0. The lowest BCUT2D eigenvalue weighted by Gasteiger charge is -2.16. The fraction of sp³-hybridized carbons (Fsp3) is 0.353. The zero-order chi connectivity index (χ0) is 18.1. The highest BCUT2D eigenvalue weighted by Crippen LogP contribution is 2.28. The van der Waals surface area contributed by atoms with E-state index >= 15 is 0 Å². The van der Waals surface area contributed by atoms with Crippen molar-refractivity contribution in [2.45, 2.75) is 39.2 Å². The van der Waals surface area contributed by atoms with Crippen LogP contribution in [0.5, 0.6) is 0 Å². The van der Waals surface area contributed by atoms with Gasteiger partial charge in [-0.05, 0) is 44.2 Å². The van der Waals surface area contributed by atoms with Gasteiger partial charge < -0.3 is 5.32 Å². The molecule has 0 fully saturated rings. The van der Waals surface area contributed by atoms with E-state index in [0.29, 0.717) is 5.56 Å². The number of carbonyl (C=O) groups excluding carboxylic acids is 1. The summed E-state index contributed by atoms with van der Waals surface area (Å²) in [6.45, 7) is 3.22. The monoisotopic (exact) mass is 342 g/mol. The number of benzene rings is 1. The molecule has 0 aliphatic heterocycles. The van der Waals surface area contributed by atoms with E-state index in [-0.39, 0.29) is 16.9 Å². The van der Waals surface area contributed by atoms with Gasteiger partial charge in [-0.25, -0.2) is 4.68 Å². The van der Waals surface area contributed by atoms with Crippen LogP contribution in [-0.4, -0.2) is 20.6 Å². The Morgan fingerprint density at radius 2 is 2.16 bits per heavy atom. The SMILES string of the molecule is Cc1cccc([N+](=O)[O-])c1NC(=O)C(C)n1nc2c(cc1=O)CCC2. The Morgan fingerprint density at radius 1 is 1.40 bits per heavy atom. The summed E-state index contributed by atoms with van der Waals surface area (Å²) in [6, 6.07) is 5.20. The molecule has 0 bridgehead atoms. The molecule has 1 aromatic carbocycles. The summed E-state index contributed by atoms with van der Waals surface area (Å²) in [5.41, 5.74) is 1.95. The number of hydrogen-bond donors (Lipinski definition) is 1. The minimum absolute atomic E-state index is 0.138. The second-order valence-electron chi connectivity index (χ2n) is 6.14. The summed E-state index contributed by atoms with van der Waals surface area (Å²) in [6.07, 6.45) is 2.56. The number of nitro groups is 1. The van der Waals surface area contributed by atoms with Crippen molar-refractivity contribution in [3.63, 3.8) is 0 Å². The van der Waals surface area contributed by atoms with Crippen molar-refractivity contribution in [1.82, 2.24) is 9.78 Å². The number of rotatable bonds is 4. The van der Waals surface area contributed by atoms with Crippen molar-refractivity contribution in [1.29, 1.82) is 0 Å². The van der Waals surface area contributed by atoms with Crippen molar-refractivity contribution in [2.75, 3.05) is 5.32 Å². The van der Waals surface area contributed by atoms with E-state index in [1.807, 2.05) is 0 Å². The Hall–Kier alpha value is -3.03. The van der Waals surface area contributed by atoms with Gasteiger partial charge in [0.05, 0.1) is 10.6 Å². The molecule has 1 atom stereocenters. The van der Waals surface area contributed by atoms with E-state index < -0.39 is 16.9 Å². The number of amides is 1. The maximum absolute atomic E-state index is 12.6. The normalized spacial score (nSPS) is 14.0. The second kappa shape index (κ2) is 6.46. The van der Waals surface area contributed by atoms with Crippen LogP contribution in [0.3, 0.4) is 0 Å². The quantitative estimate of drug-likeness (QED) is 0.676.